The van der Waals surface area contributed by atoms with Gasteiger partial charge in [-0.05, 0) is 66.7 Å². The maximum absolute atomic E-state index is 10.1. The Bertz CT molecular complexity index is 786. The molecule has 1 aliphatic rings. The van der Waals surface area contributed by atoms with E-state index in [1.807, 2.05) is 0 Å². The first kappa shape index (κ1) is 22.6. The van der Waals surface area contributed by atoms with Crippen molar-refractivity contribution in [2.45, 2.75) is 96.3 Å². The van der Waals surface area contributed by atoms with E-state index in [1.165, 1.54) is 86.5 Å². The van der Waals surface area contributed by atoms with E-state index in [-0.39, 0.29) is 5.41 Å². The van der Waals surface area contributed by atoms with E-state index in [0.29, 0.717) is 0 Å². The molecule has 1 fully saturated rings. The molecule has 1 aliphatic carbocycles. The van der Waals surface area contributed by atoms with E-state index >= 15 is 0 Å². The molecule has 3 rings (SSSR count). The van der Waals surface area contributed by atoms with Crippen LogP contribution in [0.15, 0.2) is 48.5 Å². The molecule has 0 spiro atoms. The summed E-state index contributed by atoms with van der Waals surface area (Å²) in [4.78, 5) is 0. The zero-order chi connectivity index (χ0) is 21.2. The van der Waals surface area contributed by atoms with Crippen LogP contribution in [0, 0.1) is 17.2 Å². The third-order valence-electron chi connectivity index (χ3n) is 7.18. The second-order valence-electron chi connectivity index (χ2n) is 9.36. The average Bonchev–Trinajstić information content (AvgIpc) is 2.81. The van der Waals surface area contributed by atoms with E-state index in [4.69, 9.17) is 0 Å². The van der Waals surface area contributed by atoms with Crippen LogP contribution in [0.4, 0.5) is 0 Å². The highest BCUT2D eigenvalue weighted by molar-refractivity contribution is 5.64. The van der Waals surface area contributed by atoms with Crippen molar-refractivity contribution in [2.24, 2.45) is 5.92 Å². The second kappa shape index (κ2) is 11.4. The van der Waals surface area contributed by atoms with Gasteiger partial charge >= 0.3 is 0 Å². The topological polar surface area (TPSA) is 23.8 Å². The smallest absolute Gasteiger partial charge is 0.0822 e. The number of benzene rings is 2. The van der Waals surface area contributed by atoms with Crippen LogP contribution in [0.2, 0.25) is 0 Å². The molecule has 0 heterocycles. The lowest BCUT2D eigenvalue weighted by molar-refractivity contribution is 0.262. The number of aryl methyl sites for hydroxylation is 1. The summed E-state index contributed by atoms with van der Waals surface area (Å²) in [5, 5.41) is 10.1. The van der Waals surface area contributed by atoms with Crippen molar-refractivity contribution in [1.82, 2.24) is 0 Å². The lowest BCUT2D eigenvalue weighted by Gasteiger charge is -2.35. The maximum Gasteiger partial charge on any atom is 0.0822 e. The predicted molar refractivity (Wildman–Crippen MR) is 128 cm³/mol. The first-order valence-corrected chi connectivity index (χ1v) is 12.3. The molecule has 0 bridgehead atoms. The standard InChI is InChI=1S/C29H39N/c1-3-5-7-9-24-11-13-26(14-12-24)27-15-17-28(18-16-27)29(23-30)21-19-25(20-22-29)10-8-6-4-2/h11-18,25H,3-10,19-22H2,1-2H3. The van der Waals surface area contributed by atoms with Crippen molar-refractivity contribution in [3.63, 3.8) is 0 Å². The van der Waals surface area contributed by atoms with Gasteiger partial charge in [0.05, 0.1) is 11.5 Å². The fraction of sp³-hybridized carbons (Fsp3) is 0.552. The largest absolute Gasteiger partial charge is 0.197 e. The predicted octanol–water partition coefficient (Wildman–Crippen LogP) is 8.62. The second-order valence-corrected chi connectivity index (χ2v) is 9.36. The lowest BCUT2D eigenvalue weighted by Crippen LogP contribution is -2.30. The third-order valence-corrected chi connectivity index (χ3v) is 7.18. The molecular formula is C29H39N. The van der Waals surface area contributed by atoms with Crippen molar-refractivity contribution in [2.75, 3.05) is 0 Å². The molecule has 1 heteroatoms. The summed E-state index contributed by atoms with van der Waals surface area (Å²) in [7, 11) is 0. The highest BCUT2D eigenvalue weighted by Gasteiger charge is 2.36. The summed E-state index contributed by atoms with van der Waals surface area (Å²) >= 11 is 0. The normalized spacial score (nSPS) is 21.3. The molecule has 30 heavy (non-hydrogen) atoms. The van der Waals surface area contributed by atoms with Crippen molar-refractivity contribution >= 4 is 0 Å². The Labute approximate surface area is 184 Å². The van der Waals surface area contributed by atoms with Crippen LogP contribution in [-0.4, -0.2) is 0 Å². The van der Waals surface area contributed by atoms with Gasteiger partial charge in [-0.1, -0.05) is 101 Å². The Morgan fingerprint density at radius 2 is 1.37 bits per heavy atom. The quantitative estimate of drug-likeness (QED) is 0.365. The SMILES string of the molecule is CCCCCc1ccc(-c2ccc(C3(C#N)CCC(CCCCC)CC3)cc2)cc1. The fourth-order valence-electron chi connectivity index (χ4n) is 5.03. The Kier molecular flexibility index (Phi) is 8.56. The van der Waals surface area contributed by atoms with Crippen LogP contribution in [0.5, 0.6) is 0 Å². The first-order chi connectivity index (χ1) is 14.7. The van der Waals surface area contributed by atoms with Gasteiger partial charge in [-0.25, -0.2) is 0 Å². The fourth-order valence-corrected chi connectivity index (χ4v) is 5.03. The van der Waals surface area contributed by atoms with Gasteiger partial charge in [-0.2, -0.15) is 5.26 Å². The molecule has 0 saturated heterocycles. The van der Waals surface area contributed by atoms with Crippen LogP contribution < -0.4 is 0 Å². The van der Waals surface area contributed by atoms with Crippen molar-refractivity contribution in [1.29, 1.82) is 5.26 Å². The Balaban J connectivity index is 1.62. The molecule has 160 valence electrons. The molecule has 1 saturated carbocycles. The van der Waals surface area contributed by atoms with Gasteiger partial charge in [0.25, 0.3) is 0 Å². The minimum atomic E-state index is -0.275. The summed E-state index contributed by atoms with van der Waals surface area (Å²) in [5.74, 6) is 0.827. The zero-order valence-corrected chi connectivity index (χ0v) is 19.1. The monoisotopic (exact) mass is 401 g/mol. The van der Waals surface area contributed by atoms with Crippen LogP contribution in [-0.2, 0) is 11.8 Å². The number of hydrogen-bond donors (Lipinski definition) is 0. The Hall–Kier alpha value is -2.07. The van der Waals surface area contributed by atoms with E-state index in [9.17, 15) is 5.26 Å². The van der Waals surface area contributed by atoms with E-state index in [0.717, 1.165) is 18.8 Å². The van der Waals surface area contributed by atoms with Crippen molar-refractivity contribution in [3.05, 3.63) is 59.7 Å². The maximum atomic E-state index is 10.1. The number of rotatable bonds is 10. The number of nitriles is 1. The average molecular weight is 402 g/mol. The summed E-state index contributed by atoms with van der Waals surface area (Å²) in [5.41, 5.74) is 4.90. The van der Waals surface area contributed by atoms with Gasteiger partial charge in [0.2, 0.25) is 0 Å². The van der Waals surface area contributed by atoms with Gasteiger partial charge in [-0.3, -0.25) is 0 Å². The van der Waals surface area contributed by atoms with Crippen LogP contribution >= 0.6 is 0 Å². The summed E-state index contributed by atoms with van der Waals surface area (Å²) in [6, 6.07) is 20.6. The minimum absolute atomic E-state index is 0.275. The van der Waals surface area contributed by atoms with E-state index < -0.39 is 0 Å². The third kappa shape index (κ3) is 5.75. The van der Waals surface area contributed by atoms with Crippen molar-refractivity contribution in [3.8, 4) is 17.2 Å². The van der Waals surface area contributed by atoms with Gasteiger partial charge in [0.1, 0.15) is 0 Å². The molecule has 0 N–H and O–H groups in total. The molecule has 0 atom stereocenters. The molecular weight excluding hydrogens is 362 g/mol. The number of nitrogens with zero attached hydrogens (tertiary/aromatic N) is 1. The number of unbranched alkanes of at least 4 members (excludes halogenated alkanes) is 4. The molecule has 0 aromatic heterocycles. The lowest BCUT2D eigenvalue weighted by atomic mass is 9.66. The van der Waals surface area contributed by atoms with Crippen molar-refractivity contribution < 1.29 is 0 Å². The minimum Gasteiger partial charge on any atom is -0.197 e. The summed E-state index contributed by atoms with van der Waals surface area (Å²) < 4.78 is 0. The van der Waals surface area contributed by atoms with Crippen LogP contribution in [0.25, 0.3) is 11.1 Å². The highest BCUT2D eigenvalue weighted by atomic mass is 14.4. The Morgan fingerprint density at radius 3 is 1.93 bits per heavy atom. The molecule has 2 aromatic carbocycles. The molecule has 0 radical (unpaired) electrons. The van der Waals surface area contributed by atoms with E-state index in [2.05, 4.69) is 68.4 Å². The van der Waals surface area contributed by atoms with Crippen LogP contribution in [0.3, 0.4) is 0 Å². The van der Waals surface area contributed by atoms with Gasteiger partial charge < -0.3 is 0 Å². The van der Waals surface area contributed by atoms with Gasteiger partial charge in [0, 0.05) is 0 Å². The molecule has 0 amide bonds. The molecule has 2 aromatic rings. The molecule has 1 nitrogen and oxygen atoms in total. The van der Waals surface area contributed by atoms with E-state index in [1.54, 1.807) is 0 Å². The summed E-state index contributed by atoms with van der Waals surface area (Å²) in [6.07, 6.45) is 14.8. The van der Waals surface area contributed by atoms with Gasteiger partial charge in [0.15, 0.2) is 0 Å². The molecule has 0 unspecified atom stereocenters. The first-order valence-electron chi connectivity index (χ1n) is 12.3. The number of hydrogen-bond acceptors (Lipinski definition) is 1. The van der Waals surface area contributed by atoms with Gasteiger partial charge in [-0.15, -0.1) is 0 Å². The van der Waals surface area contributed by atoms with Crippen LogP contribution in [0.1, 0.15) is 95.6 Å². The zero-order valence-electron chi connectivity index (χ0n) is 19.1. The molecule has 0 aliphatic heterocycles. The highest BCUT2D eigenvalue weighted by Crippen LogP contribution is 2.43. The summed E-state index contributed by atoms with van der Waals surface area (Å²) in [6.45, 7) is 4.52. The Morgan fingerprint density at radius 1 is 0.800 bits per heavy atom.